The maximum Gasteiger partial charge on any atom is 0.343 e. The van der Waals surface area contributed by atoms with Crippen molar-refractivity contribution in [3.05, 3.63) is 46.9 Å². The summed E-state index contributed by atoms with van der Waals surface area (Å²) < 4.78 is 10.2. The number of aliphatic imine (C=N–C) groups is 1. The van der Waals surface area contributed by atoms with Crippen LogP contribution in [0.25, 0.3) is 6.08 Å². The van der Waals surface area contributed by atoms with Gasteiger partial charge in [0, 0.05) is 5.56 Å². The minimum absolute atomic E-state index is 0.109. The molecule has 1 aliphatic rings. The molecule has 0 amide bonds. The maximum atomic E-state index is 11.8. The summed E-state index contributed by atoms with van der Waals surface area (Å²) in [5, 5.41) is 10.2. The molecule has 1 heterocycles. The minimum atomic E-state index is -0.570. The average Bonchev–Trinajstić information content (AvgIpc) is 2.74. The van der Waals surface area contributed by atoms with Crippen LogP contribution in [0.15, 0.2) is 46.3 Å². The predicted molar refractivity (Wildman–Crippen MR) is 80.4 cm³/mol. The Kier molecular flexibility index (Phi) is 4.42. The molecule has 0 bridgehead atoms. The summed E-state index contributed by atoms with van der Waals surface area (Å²) in [4.78, 5) is 16.0. The predicted octanol–water partition coefficient (Wildman–Crippen LogP) is 2.89. The summed E-state index contributed by atoms with van der Waals surface area (Å²) in [5.41, 5.74) is 1.63. The highest BCUT2D eigenvalue weighted by Crippen LogP contribution is 2.28. The van der Waals surface area contributed by atoms with E-state index in [1.54, 1.807) is 27.0 Å². The van der Waals surface area contributed by atoms with Gasteiger partial charge in [-0.3, -0.25) is 0 Å². The van der Waals surface area contributed by atoms with E-state index >= 15 is 0 Å². The van der Waals surface area contributed by atoms with Gasteiger partial charge < -0.3 is 14.6 Å². The lowest BCUT2D eigenvalue weighted by Gasteiger charge is -2.05. The number of rotatable bonds is 4. The maximum absolute atomic E-state index is 11.8. The third-order valence-corrected chi connectivity index (χ3v) is 3.04. The van der Waals surface area contributed by atoms with E-state index in [4.69, 9.17) is 9.47 Å². The monoisotopic (exact) mass is 287 g/mol. The van der Waals surface area contributed by atoms with Crippen LogP contribution in [0.5, 0.6) is 5.75 Å². The second-order valence-electron chi connectivity index (χ2n) is 4.41. The van der Waals surface area contributed by atoms with E-state index < -0.39 is 5.97 Å². The molecule has 0 saturated heterocycles. The number of nitrogens with zero attached hydrogens (tertiary/aromatic N) is 1. The number of methoxy groups -OCH3 is 1. The van der Waals surface area contributed by atoms with Crippen LogP contribution in [-0.4, -0.2) is 30.5 Å². The first-order chi connectivity index (χ1) is 10.1. The molecule has 0 radical (unpaired) electrons. The summed E-state index contributed by atoms with van der Waals surface area (Å²) in [6.07, 6.45) is 1.67. The Bertz CT molecular complexity index is 656. The second kappa shape index (κ2) is 6.26. The highest BCUT2D eigenvalue weighted by molar-refractivity contribution is 6.22. The van der Waals surface area contributed by atoms with Crippen molar-refractivity contribution < 1.29 is 19.4 Å². The molecule has 1 aromatic rings. The van der Waals surface area contributed by atoms with E-state index in [0.717, 1.165) is 5.56 Å². The van der Waals surface area contributed by atoms with Gasteiger partial charge in [-0.2, -0.15) is 0 Å². The van der Waals surface area contributed by atoms with Crippen LogP contribution in [-0.2, 0) is 9.53 Å². The first-order valence-electron chi connectivity index (χ1n) is 6.59. The number of esters is 1. The van der Waals surface area contributed by atoms with E-state index in [1.165, 1.54) is 0 Å². The van der Waals surface area contributed by atoms with Crippen LogP contribution in [0, 0.1) is 0 Å². The molecule has 2 rings (SSSR count). The van der Waals surface area contributed by atoms with Crippen LogP contribution < -0.4 is 4.74 Å². The zero-order chi connectivity index (χ0) is 15.4. The summed E-state index contributed by atoms with van der Waals surface area (Å²) in [6, 6.07) is 7.36. The van der Waals surface area contributed by atoms with Crippen molar-refractivity contribution in [1.29, 1.82) is 0 Å². The Morgan fingerprint density at radius 1 is 1.38 bits per heavy atom. The van der Waals surface area contributed by atoms with Gasteiger partial charge in [-0.25, -0.2) is 9.79 Å². The third kappa shape index (κ3) is 2.97. The molecule has 0 spiro atoms. The molecule has 0 saturated carbocycles. The molecule has 0 fully saturated rings. The van der Waals surface area contributed by atoms with E-state index in [1.807, 2.05) is 24.3 Å². The van der Waals surface area contributed by atoms with Gasteiger partial charge in [0.1, 0.15) is 17.0 Å². The third-order valence-electron chi connectivity index (χ3n) is 3.04. The lowest BCUT2D eigenvalue weighted by Crippen LogP contribution is -2.13. The molecule has 5 nitrogen and oxygen atoms in total. The number of hydrogen-bond donors (Lipinski definition) is 1. The van der Waals surface area contributed by atoms with Crippen LogP contribution >= 0.6 is 0 Å². The van der Waals surface area contributed by atoms with Gasteiger partial charge in [-0.1, -0.05) is 18.2 Å². The highest BCUT2D eigenvalue weighted by atomic mass is 16.5. The van der Waals surface area contributed by atoms with Gasteiger partial charge >= 0.3 is 5.97 Å². The standard InChI is InChI=1S/C16H17NO4/c1-4-21-16(19)14-10(2)17-12(15(14)18)9-11-7-5-6-8-13(11)20-3/h5-9,18H,4H2,1-3H3/b12-9+. The van der Waals surface area contributed by atoms with Crippen molar-refractivity contribution in [1.82, 2.24) is 0 Å². The zero-order valence-electron chi connectivity index (χ0n) is 12.2. The Morgan fingerprint density at radius 2 is 2.10 bits per heavy atom. The Labute approximate surface area is 123 Å². The van der Waals surface area contributed by atoms with Gasteiger partial charge in [0.25, 0.3) is 0 Å². The molecule has 0 unspecified atom stereocenters. The van der Waals surface area contributed by atoms with E-state index in [9.17, 15) is 9.90 Å². The van der Waals surface area contributed by atoms with E-state index in [-0.39, 0.29) is 17.9 Å². The van der Waals surface area contributed by atoms with Crippen molar-refractivity contribution in [3.8, 4) is 5.75 Å². The van der Waals surface area contributed by atoms with Crippen molar-refractivity contribution in [2.45, 2.75) is 13.8 Å². The fourth-order valence-electron chi connectivity index (χ4n) is 2.07. The molecular formula is C16H17NO4. The fourth-order valence-corrected chi connectivity index (χ4v) is 2.07. The molecule has 1 aliphatic heterocycles. The number of aliphatic hydroxyl groups excluding tert-OH is 1. The van der Waals surface area contributed by atoms with Gasteiger partial charge in [0.2, 0.25) is 0 Å². The molecule has 0 atom stereocenters. The number of ether oxygens (including phenoxy) is 2. The van der Waals surface area contributed by atoms with Gasteiger partial charge in [0.15, 0.2) is 5.76 Å². The molecule has 1 N–H and O–H groups in total. The zero-order valence-corrected chi connectivity index (χ0v) is 12.2. The van der Waals surface area contributed by atoms with E-state index in [0.29, 0.717) is 17.2 Å². The summed E-state index contributed by atoms with van der Waals surface area (Å²) in [6.45, 7) is 3.61. The summed E-state index contributed by atoms with van der Waals surface area (Å²) in [7, 11) is 1.57. The average molecular weight is 287 g/mol. The van der Waals surface area contributed by atoms with Gasteiger partial charge in [-0.15, -0.1) is 0 Å². The van der Waals surface area contributed by atoms with Crippen LogP contribution in [0.1, 0.15) is 19.4 Å². The topological polar surface area (TPSA) is 68.1 Å². The lowest BCUT2D eigenvalue weighted by molar-refractivity contribution is -0.138. The minimum Gasteiger partial charge on any atom is -0.505 e. The Hall–Kier alpha value is -2.56. The second-order valence-corrected chi connectivity index (χ2v) is 4.41. The number of hydrogen-bond acceptors (Lipinski definition) is 5. The first kappa shape index (κ1) is 14.8. The lowest BCUT2D eigenvalue weighted by atomic mass is 10.1. The fraction of sp³-hybridized carbons (Fsp3) is 0.250. The number of aliphatic hydroxyl groups is 1. The van der Waals surface area contributed by atoms with E-state index in [2.05, 4.69) is 4.99 Å². The molecule has 1 aromatic carbocycles. The number of para-hydroxylation sites is 1. The van der Waals surface area contributed by atoms with Crippen molar-refractivity contribution in [2.24, 2.45) is 4.99 Å². The quantitative estimate of drug-likeness (QED) is 0.865. The first-order valence-corrected chi connectivity index (χ1v) is 6.59. The number of carbonyl (C=O) groups excluding carboxylic acids is 1. The van der Waals surface area contributed by atoms with Gasteiger partial charge in [0.05, 0.1) is 19.4 Å². The summed E-state index contributed by atoms with van der Waals surface area (Å²) >= 11 is 0. The van der Waals surface area contributed by atoms with Crippen molar-refractivity contribution in [3.63, 3.8) is 0 Å². The van der Waals surface area contributed by atoms with Crippen LogP contribution in [0.3, 0.4) is 0 Å². The SMILES string of the molecule is CCOC(=O)C1=C(O)/C(=C\c2ccccc2OC)N=C1C. The van der Waals surface area contributed by atoms with Gasteiger partial charge in [-0.05, 0) is 26.0 Å². The smallest absolute Gasteiger partial charge is 0.343 e. The van der Waals surface area contributed by atoms with Crippen molar-refractivity contribution >= 4 is 17.8 Å². The molecule has 0 aliphatic carbocycles. The summed E-state index contributed by atoms with van der Waals surface area (Å²) in [5.74, 6) is -0.0771. The van der Waals surface area contributed by atoms with Crippen LogP contribution in [0.2, 0.25) is 0 Å². The largest absolute Gasteiger partial charge is 0.505 e. The van der Waals surface area contributed by atoms with Crippen molar-refractivity contribution in [2.75, 3.05) is 13.7 Å². The highest BCUT2D eigenvalue weighted by Gasteiger charge is 2.27. The molecule has 110 valence electrons. The number of carbonyl (C=O) groups is 1. The molecule has 0 aromatic heterocycles. The molecule has 5 heteroatoms. The number of benzene rings is 1. The normalized spacial score (nSPS) is 16.1. The molecular weight excluding hydrogens is 270 g/mol. The van der Waals surface area contributed by atoms with Crippen LogP contribution in [0.4, 0.5) is 0 Å². The Morgan fingerprint density at radius 3 is 2.76 bits per heavy atom. The Balaban J connectivity index is 2.42. The molecule has 21 heavy (non-hydrogen) atoms.